The molecule has 1 amide bonds. The number of aromatic nitrogens is 2. The third kappa shape index (κ3) is 5.55. The van der Waals surface area contributed by atoms with Crippen LogP contribution in [0.1, 0.15) is 5.56 Å². The maximum Gasteiger partial charge on any atom is 0.228 e. The number of carbonyl (C=O) groups is 1. The zero-order valence-electron chi connectivity index (χ0n) is 18.3. The molecule has 1 aliphatic rings. The highest BCUT2D eigenvalue weighted by Crippen LogP contribution is 2.28. The number of benzene rings is 2. The highest BCUT2D eigenvalue weighted by Gasteiger charge is 2.17. The van der Waals surface area contributed by atoms with Crippen LogP contribution in [-0.4, -0.2) is 57.4 Å². The zero-order chi connectivity index (χ0) is 23.6. The first-order chi connectivity index (χ1) is 15.7. The van der Waals surface area contributed by atoms with Crippen molar-refractivity contribution in [2.75, 3.05) is 37.9 Å². The molecule has 1 aromatic heterocycles. The molecule has 2 N–H and O–H groups in total. The number of halogens is 1. The van der Waals surface area contributed by atoms with E-state index in [4.69, 9.17) is 21.1 Å². The molecular weight excluding hydrogens is 462 g/mol. The van der Waals surface area contributed by atoms with E-state index in [1.807, 2.05) is 6.07 Å². The molecule has 2 aromatic carbocycles. The van der Waals surface area contributed by atoms with Gasteiger partial charge in [0.1, 0.15) is 0 Å². The number of morpholine rings is 1. The lowest BCUT2D eigenvalue weighted by atomic mass is 10.1. The number of hydrogen-bond acceptors (Lipinski definition) is 6. The van der Waals surface area contributed by atoms with Crippen molar-refractivity contribution in [3.05, 3.63) is 65.5 Å². The van der Waals surface area contributed by atoms with Gasteiger partial charge >= 0.3 is 0 Å². The molecule has 4 rings (SSSR count). The van der Waals surface area contributed by atoms with Gasteiger partial charge in [0.25, 0.3) is 0 Å². The van der Waals surface area contributed by atoms with Gasteiger partial charge in [0.2, 0.25) is 5.91 Å². The molecule has 2 heterocycles. The average molecular weight is 488 g/mol. The fourth-order valence-electron chi connectivity index (χ4n) is 3.78. The van der Waals surface area contributed by atoms with Crippen LogP contribution in [0.5, 0.6) is 0 Å². The number of nitrogens with one attached hydrogen (secondary N) is 2. The molecule has 3 aromatic rings. The number of anilines is 1. The molecule has 0 saturated carbocycles. The van der Waals surface area contributed by atoms with E-state index in [0.29, 0.717) is 51.8 Å². The average Bonchev–Trinajstić information content (AvgIpc) is 3.16. The van der Waals surface area contributed by atoms with Crippen molar-refractivity contribution < 1.29 is 13.7 Å². The monoisotopic (exact) mass is 487 g/mol. The van der Waals surface area contributed by atoms with Crippen LogP contribution < -0.4 is 5.32 Å². The van der Waals surface area contributed by atoms with Gasteiger partial charge in [-0.2, -0.15) is 5.10 Å². The Morgan fingerprint density at radius 3 is 2.85 bits per heavy atom. The van der Waals surface area contributed by atoms with Crippen LogP contribution in [0.25, 0.3) is 10.9 Å². The SMILES string of the molecule is C=C1COCCN1CCn1cc2c(S(C)(=N)=O)cc(NC(=O)Cc3ccccc3Cl)cc2n1. The maximum absolute atomic E-state index is 12.7. The first-order valence-corrected chi connectivity index (χ1v) is 12.8. The van der Waals surface area contributed by atoms with Crippen LogP contribution >= 0.6 is 11.6 Å². The fourth-order valence-corrected chi connectivity index (χ4v) is 4.91. The molecule has 1 atom stereocenters. The number of amides is 1. The fraction of sp³-hybridized carbons (Fsp3) is 0.304. The van der Waals surface area contributed by atoms with Crippen molar-refractivity contribution in [2.45, 2.75) is 17.9 Å². The smallest absolute Gasteiger partial charge is 0.228 e. The van der Waals surface area contributed by atoms with E-state index in [2.05, 4.69) is 21.9 Å². The zero-order valence-corrected chi connectivity index (χ0v) is 19.9. The van der Waals surface area contributed by atoms with Gasteiger partial charge in [-0.25, -0.2) is 8.99 Å². The van der Waals surface area contributed by atoms with Crippen LogP contribution in [0.4, 0.5) is 5.69 Å². The molecule has 0 radical (unpaired) electrons. The number of nitrogens with zero attached hydrogens (tertiary/aromatic N) is 3. The molecule has 33 heavy (non-hydrogen) atoms. The van der Waals surface area contributed by atoms with E-state index < -0.39 is 9.73 Å². The first kappa shape index (κ1) is 23.3. The van der Waals surface area contributed by atoms with Crippen molar-refractivity contribution in [1.82, 2.24) is 14.7 Å². The molecule has 10 heteroatoms. The Kier molecular flexibility index (Phi) is 6.73. The molecule has 8 nitrogen and oxygen atoms in total. The summed E-state index contributed by atoms with van der Waals surface area (Å²) in [6.45, 7) is 7.32. The van der Waals surface area contributed by atoms with Gasteiger partial charge in [-0.1, -0.05) is 36.4 Å². The Labute approximate surface area is 198 Å². The minimum Gasteiger partial charge on any atom is -0.373 e. The topological polar surface area (TPSA) is 100 Å². The Balaban J connectivity index is 1.57. The Morgan fingerprint density at radius 2 is 2.12 bits per heavy atom. The predicted octanol–water partition coefficient (Wildman–Crippen LogP) is 3.75. The summed E-state index contributed by atoms with van der Waals surface area (Å²) in [5, 5.41) is 8.60. The van der Waals surface area contributed by atoms with E-state index in [0.717, 1.165) is 18.8 Å². The summed E-state index contributed by atoms with van der Waals surface area (Å²) < 4.78 is 28.0. The summed E-state index contributed by atoms with van der Waals surface area (Å²) in [5.74, 6) is -0.258. The van der Waals surface area contributed by atoms with Crippen LogP contribution in [0, 0.1) is 4.78 Å². The van der Waals surface area contributed by atoms with Crippen LogP contribution in [0.3, 0.4) is 0 Å². The molecular formula is C23H26ClN5O3S. The number of rotatable bonds is 7. The first-order valence-electron chi connectivity index (χ1n) is 10.5. The summed E-state index contributed by atoms with van der Waals surface area (Å²) in [6, 6.07) is 10.5. The number of hydrogen-bond donors (Lipinski definition) is 2. The summed E-state index contributed by atoms with van der Waals surface area (Å²) in [5.41, 5.74) is 2.67. The molecule has 1 fully saturated rings. The van der Waals surface area contributed by atoms with Crippen LogP contribution in [-0.2, 0) is 32.2 Å². The molecule has 0 spiro atoms. The molecule has 0 aliphatic carbocycles. The van der Waals surface area contributed by atoms with E-state index in [1.165, 1.54) is 6.26 Å². The third-order valence-electron chi connectivity index (χ3n) is 5.47. The number of fused-ring (bicyclic) bond motifs is 1. The summed E-state index contributed by atoms with van der Waals surface area (Å²) >= 11 is 6.16. The van der Waals surface area contributed by atoms with E-state index in [1.54, 1.807) is 41.2 Å². The maximum atomic E-state index is 12.7. The largest absolute Gasteiger partial charge is 0.373 e. The summed E-state index contributed by atoms with van der Waals surface area (Å²) in [4.78, 5) is 15.1. The van der Waals surface area contributed by atoms with Crippen molar-refractivity contribution >= 4 is 43.8 Å². The van der Waals surface area contributed by atoms with E-state index in [9.17, 15) is 9.00 Å². The standard InChI is InChI=1S/C23H26ClN5O3S/c1-16-15-32-10-9-28(16)7-8-29-14-19-21(27-29)12-18(13-22(19)33(2,25)31)26-23(30)11-17-5-3-4-6-20(17)24/h3-6,12-14,25H,1,7-11,15H2,2H3,(H,26,30). The highest BCUT2D eigenvalue weighted by molar-refractivity contribution is 7.92. The lowest BCUT2D eigenvalue weighted by Crippen LogP contribution is -2.36. The molecule has 0 bridgehead atoms. The molecule has 174 valence electrons. The van der Waals surface area contributed by atoms with Gasteiger partial charge < -0.3 is 15.0 Å². The van der Waals surface area contributed by atoms with Crippen LogP contribution in [0.15, 0.2) is 59.8 Å². The minimum absolute atomic E-state index is 0.104. The normalized spacial score (nSPS) is 16.1. The predicted molar refractivity (Wildman–Crippen MR) is 130 cm³/mol. The van der Waals surface area contributed by atoms with Crippen molar-refractivity contribution in [1.29, 1.82) is 4.78 Å². The van der Waals surface area contributed by atoms with Gasteiger partial charge in [0.05, 0.1) is 46.3 Å². The van der Waals surface area contributed by atoms with E-state index >= 15 is 0 Å². The lowest BCUT2D eigenvalue weighted by Gasteiger charge is -2.30. The van der Waals surface area contributed by atoms with E-state index in [-0.39, 0.29) is 12.3 Å². The van der Waals surface area contributed by atoms with Crippen molar-refractivity contribution in [3.63, 3.8) is 0 Å². The van der Waals surface area contributed by atoms with Gasteiger partial charge in [0.15, 0.2) is 0 Å². The Hall–Kier alpha value is -2.88. The second-order valence-electron chi connectivity index (χ2n) is 8.07. The number of carbonyl (C=O) groups excluding carboxylic acids is 1. The van der Waals surface area contributed by atoms with Gasteiger partial charge in [-0.15, -0.1) is 0 Å². The molecule has 1 unspecified atom stereocenters. The van der Waals surface area contributed by atoms with Crippen LogP contribution in [0.2, 0.25) is 5.02 Å². The minimum atomic E-state index is -3.05. The quantitative estimate of drug-likeness (QED) is 0.528. The summed E-state index contributed by atoms with van der Waals surface area (Å²) in [6.07, 6.45) is 3.28. The third-order valence-corrected chi connectivity index (χ3v) is 7.01. The van der Waals surface area contributed by atoms with Crippen molar-refractivity contribution in [3.8, 4) is 0 Å². The Morgan fingerprint density at radius 1 is 1.33 bits per heavy atom. The van der Waals surface area contributed by atoms with Gasteiger partial charge in [-0.05, 0) is 23.8 Å². The molecule has 1 saturated heterocycles. The highest BCUT2D eigenvalue weighted by atomic mass is 35.5. The number of ether oxygens (including phenoxy) is 1. The lowest BCUT2D eigenvalue weighted by molar-refractivity contribution is -0.115. The Bertz CT molecular complexity index is 1320. The second kappa shape index (κ2) is 9.54. The van der Waals surface area contributed by atoms with Gasteiger partial charge in [0, 0.05) is 47.3 Å². The second-order valence-corrected chi connectivity index (χ2v) is 10.6. The van der Waals surface area contributed by atoms with Gasteiger partial charge in [-0.3, -0.25) is 9.48 Å². The molecule has 1 aliphatic heterocycles. The summed E-state index contributed by atoms with van der Waals surface area (Å²) in [7, 11) is -3.05. The van der Waals surface area contributed by atoms with Crippen molar-refractivity contribution in [2.24, 2.45) is 0 Å².